The van der Waals surface area contributed by atoms with Gasteiger partial charge in [-0.2, -0.15) is 0 Å². The maximum absolute atomic E-state index is 9.69. The molecular formula is C20H26ClN5O. The van der Waals surface area contributed by atoms with Crippen LogP contribution in [0.15, 0.2) is 36.7 Å². The molecule has 0 aliphatic carbocycles. The SMILES string of the molecule is OCC1CCCCN1c1cc(N2CCN(c3ccc(Cl)cc3)CC2)ncn1. The van der Waals surface area contributed by atoms with Gasteiger partial charge in [0.1, 0.15) is 18.0 Å². The molecule has 1 N–H and O–H groups in total. The zero-order valence-corrected chi connectivity index (χ0v) is 16.2. The fraction of sp³-hybridized carbons (Fsp3) is 0.500. The third-order valence-electron chi connectivity index (χ3n) is 5.57. The summed E-state index contributed by atoms with van der Waals surface area (Å²) in [4.78, 5) is 15.9. The Kier molecular flexibility index (Phi) is 5.64. The Hall–Kier alpha value is -2.05. The van der Waals surface area contributed by atoms with Crippen LogP contribution in [0.25, 0.3) is 0 Å². The highest BCUT2D eigenvalue weighted by molar-refractivity contribution is 6.30. The lowest BCUT2D eigenvalue weighted by Crippen LogP contribution is -2.47. The van der Waals surface area contributed by atoms with Crippen LogP contribution in [0.2, 0.25) is 5.02 Å². The number of halogens is 1. The molecule has 1 atom stereocenters. The molecule has 4 rings (SSSR count). The van der Waals surface area contributed by atoms with Crippen LogP contribution < -0.4 is 14.7 Å². The van der Waals surface area contributed by atoms with Crippen molar-refractivity contribution in [2.75, 3.05) is 54.0 Å². The van der Waals surface area contributed by atoms with Crippen LogP contribution in [0.1, 0.15) is 19.3 Å². The number of aliphatic hydroxyl groups is 1. The maximum atomic E-state index is 9.69. The molecule has 2 aliphatic rings. The molecule has 2 saturated heterocycles. The number of aliphatic hydroxyl groups excluding tert-OH is 1. The smallest absolute Gasteiger partial charge is 0.134 e. The number of benzene rings is 1. The highest BCUT2D eigenvalue weighted by Gasteiger charge is 2.24. The Morgan fingerprint density at radius 3 is 2.37 bits per heavy atom. The lowest BCUT2D eigenvalue weighted by molar-refractivity contribution is 0.239. The monoisotopic (exact) mass is 387 g/mol. The summed E-state index contributed by atoms with van der Waals surface area (Å²) in [6.07, 6.45) is 5.00. The number of anilines is 3. The van der Waals surface area contributed by atoms with E-state index in [1.807, 2.05) is 12.1 Å². The van der Waals surface area contributed by atoms with E-state index in [1.54, 1.807) is 6.33 Å². The van der Waals surface area contributed by atoms with E-state index >= 15 is 0 Å². The van der Waals surface area contributed by atoms with Gasteiger partial charge in [0.15, 0.2) is 0 Å². The second-order valence-electron chi connectivity index (χ2n) is 7.21. The predicted octanol–water partition coefficient (Wildman–Crippen LogP) is 2.81. The second-order valence-corrected chi connectivity index (χ2v) is 7.65. The summed E-state index contributed by atoms with van der Waals surface area (Å²) in [5, 5.41) is 10.5. The molecule has 7 heteroatoms. The minimum absolute atomic E-state index is 0.170. The van der Waals surface area contributed by atoms with Gasteiger partial charge in [0, 0.05) is 49.5 Å². The third-order valence-corrected chi connectivity index (χ3v) is 5.82. The Balaban J connectivity index is 1.43. The van der Waals surface area contributed by atoms with Crippen LogP contribution in [0, 0.1) is 0 Å². The van der Waals surface area contributed by atoms with Gasteiger partial charge >= 0.3 is 0 Å². The minimum atomic E-state index is 0.170. The van der Waals surface area contributed by atoms with Crippen molar-refractivity contribution in [3.05, 3.63) is 41.7 Å². The molecule has 3 heterocycles. The molecular weight excluding hydrogens is 362 g/mol. The molecule has 2 fully saturated rings. The summed E-state index contributed by atoms with van der Waals surface area (Å²) in [7, 11) is 0. The summed E-state index contributed by atoms with van der Waals surface area (Å²) in [6.45, 7) is 4.87. The number of rotatable bonds is 4. The molecule has 0 saturated carbocycles. The molecule has 0 bridgehead atoms. The first-order valence-electron chi connectivity index (χ1n) is 9.69. The summed E-state index contributed by atoms with van der Waals surface area (Å²) < 4.78 is 0. The fourth-order valence-electron chi connectivity index (χ4n) is 4.00. The maximum Gasteiger partial charge on any atom is 0.134 e. The van der Waals surface area contributed by atoms with Crippen molar-refractivity contribution in [2.45, 2.75) is 25.3 Å². The van der Waals surface area contributed by atoms with Crippen LogP contribution in [0.3, 0.4) is 0 Å². The van der Waals surface area contributed by atoms with E-state index in [0.29, 0.717) is 0 Å². The number of hydrogen-bond donors (Lipinski definition) is 1. The van der Waals surface area contributed by atoms with E-state index in [2.05, 4.69) is 42.9 Å². The standard InChI is InChI=1S/C20H26ClN5O/c21-16-4-6-17(7-5-16)24-9-11-25(12-10-24)19-13-20(23-15-22-19)26-8-2-1-3-18(26)14-27/h4-7,13,15,18,27H,1-3,8-12,14H2. The van der Waals surface area contributed by atoms with E-state index in [9.17, 15) is 5.11 Å². The van der Waals surface area contributed by atoms with Gasteiger partial charge in [-0.1, -0.05) is 11.6 Å². The zero-order valence-electron chi connectivity index (χ0n) is 15.5. The highest BCUT2D eigenvalue weighted by atomic mass is 35.5. The Morgan fingerprint density at radius 2 is 1.63 bits per heavy atom. The number of piperidine rings is 1. The number of hydrogen-bond acceptors (Lipinski definition) is 6. The van der Waals surface area contributed by atoms with Gasteiger partial charge in [-0.15, -0.1) is 0 Å². The normalized spacial score (nSPS) is 20.8. The van der Waals surface area contributed by atoms with Crippen molar-refractivity contribution < 1.29 is 5.11 Å². The lowest BCUT2D eigenvalue weighted by atomic mass is 10.0. The molecule has 144 valence electrons. The van der Waals surface area contributed by atoms with Gasteiger partial charge in [0.25, 0.3) is 0 Å². The molecule has 6 nitrogen and oxygen atoms in total. The Labute approximate surface area is 165 Å². The van der Waals surface area contributed by atoms with Gasteiger partial charge in [-0.3, -0.25) is 0 Å². The zero-order chi connectivity index (χ0) is 18.6. The molecule has 0 spiro atoms. The van der Waals surface area contributed by atoms with Gasteiger partial charge < -0.3 is 19.8 Å². The van der Waals surface area contributed by atoms with E-state index in [4.69, 9.17) is 11.6 Å². The van der Waals surface area contributed by atoms with Gasteiger partial charge in [-0.05, 0) is 43.5 Å². The van der Waals surface area contributed by atoms with E-state index in [0.717, 1.165) is 62.2 Å². The van der Waals surface area contributed by atoms with Crippen LogP contribution >= 0.6 is 11.6 Å². The minimum Gasteiger partial charge on any atom is -0.394 e. The summed E-state index contributed by atoms with van der Waals surface area (Å²) in [6, 6.07) is 10.3. The fourth-order valence-corrected chi connectivity index (χ4v) is 4.13. The van der Waals surface area contributed by atoms with E-state index < -0.39 is 0 Å². The molecule has 0 radical (unpaired) electrons. The molecule has 1 unspecified atom stereocenters. The summed E-state index contributed by atoms with van der Waals surface area (Å²) >= 11 is 5.99. The Bertz CT molecular complexity index is 748. The predicted molar refractivity (Wildman–Crippen MR) is 110 cm³/mol. The quantitative estimate of drug-likeness (QED) is 0.870. The van der Waals surface area contributed by atoms with Crippen molar-refractivity contribution in [3.8, 4) is 0 Å². The van der Waals surface area contributed by atoms with Crippen molar-refractivity contribution in [1.82, 2.24) is 9.97 Å². The molecule has 1 aromatic carbocycles. The highest BCUT2D eigenvalue weighted by Crippen LogP contribution is 2.26. The van der Waals surface area contributed by atoms with Gasteiger partial charge in [0.05, 0.1) is 12.6 Å². The number of nitrogens with zero attached hydrogens (tertiary/aromatic N) is 5. The number of aromatic nitrogens is 2. The third kappa shape index (κ3) is 4.12. The summed E-state index contributed by atoms with van der Waals surface area (Å²) in [5.74, 6) is 1.90. The van der Waals surface area contributed by atoms with Crippen LogP contribution in [0.5, 0.6) is 0 Å². The van der Waals surface area contributed by atoms with Crippen LogP contribution in [0.4, 0.5) is 17.3 Å². The molecule has 1 aromatic heterocycles. The van der Waals surface area contributed by atoms with E-state index in [1.165, 1.54) is 12.1 Å². The first-order chi connectivity index (χ1) is 13.2. The van der Waals surface area contributed by atoms with Crippen LogP contribution in [-0.2, 0) is 0 Å². The summed E-state index contributed by atoms with van der Waals surface area (Å²) in [5.41, 5.74) is 1.21. The lowest BCUT2D eigenvalue weighted by Gasteiger charge is -2.38. The molecule has 0 amide bonds. The van der Waals surface area contributed by atoms with Crippen molar-refractivity contribution in [1.29, 1.82) is 0 Å². The van der Waals surface area contributed by atoms with E-state index in [-0.39, 0.29) is 12.6 Å². The second kappa shape index (κ2) is 8.31. The molecule has 2 aliphatic heterocycles. The molecule has 27 heavy (non-hydrogen) atoms. The first kappa shape index (κ1) is 18.3. The average Bonchev–Trinajstić information content (AvgIpc) is 2.74. The topological polar surface area (TPSA) is 55.7 Å². The average molecular weight is 388 g/mol. The van der Waals surface area contributed by atoms with Crippen molar-refractivity contribution >= 4 is 28.9 Å². The van der Waals surface area contributed by atoms with Crippen molar-refractivity contribution in [3.63, 3.8) is 0 Å². The Morgan fingerprint density at radius 1 is 0.926 bits per heavy atom. The van der Waals surface area contributed by atoms with Gasteiger partial charge in [0.2, 0.25) is 0 Å². The van der Waals surface area contributed by atoms with Crippen LogP contribution in [-0.4, -0.2) is 60.4 Å². The largest absolute Gasteiger partial charge is 0.394 e. The van der Waals surface area contributed by atoms with Crippen molar-refractivity contribution in [2.24, 2.45) is 0 Å². The molecule has 2 aromatic rings. The first-order valence-corrected chi connectivity index (χ1v) is 10.1. The number of piperazine rings is 1. The van der Waals surface area contributed by atoms with Gasteiger partial charge in [-0.25, -0.2) is 9.97 Å².